The molecule has 1 aliphatic heterocycles. The Morgan fingerprint density at radius 1 is 1.57 bits per heavy atom. The molecular weight excluding hydrogens is 291 g/mol. The highest BCUT2D eigenvalue weighted by Gasteiger charge is 2.36. The number of amides is 1. The number of hydrogen-bond acceptors (Lipinski definition) is 4. The number of alkyl halides is 3. The van der Waals surface area contributed by atoms with Crippen LogP contribution in [0.2, 0.25) is 0 Å². The summed E-state index contributed by atoms with van der Waals surface area (Å²) in [5, 5.41) is 11.0. The smallest absolute Gasteiger partial charge is 0.421 e. The molecule has 0 spiro atoms. The number of halogens is 3. The molecule has 1 saturated heterocycles. The average molecular weight is 305 g/mol. The molecule has 0 bridgehead atoms. The SMILES string of the molecule is COc1ncc(N2CCC(NC(=O)O)C2)cc1C(F)(F)F. The van der Waals surface area contributed by atoms with E-state index in [1.807, 2.05) is 0 Å². The van der Waals surface area contributed by atoms with Crippen LogP contribution in [0.4, 0.5) is 23.7 Å². The Labute approximate surface area is 118 Å². The summed E-state index contributed by atoms with van der Waals surface area (Å²) in [7, 11) is 1.12. The van der Waals surface area contributed by atoms with Crippen molar-refractivity contribution in [1.82, 2.24) is 10.3 Å². The maximum atomic E-state index is 12.9. The van der Waals surface area contributed by atoms with Gasteiger partial charge in [-0.25, -0.2) is 9.78 Å². The van der Waals surface area contributed by atoms with E-state index in [1.54, 1.807) is 4.90 Å². The van der Waals surface area contributed by atoms with Crippen molar-refractivity contribution in [2.45, 2.75) is 18.6 Å². The Kier molecular flexibility index (Phi) is 4.10. The van der Waals surface area contributed by atoms with E-state index in [-0.39, 0.29) is 11.7 Å². The molecule has 1 atom stereocenters. The number of carbonyl (C=O) groups is 1. The third-order valence-corrected chi connectivity index (χ3v) is 3.22. The first-order valence-electron chi connectivity index (χ1n) is 6.17. The van der Waals surface area contributed by atoms with Crippen molar-refractivity contribution in [2.24, 2.45) is 0 Å². The van der Waals surface area contributed by atoms with Gasteiger partial charge in [0.1, 0.15) is 5.56 Å². The molecule has 2 N–H and O–H groups in total. The van der Waals surface area contributed by atoms with Gasteiger partial charge < -0.3 is 20.1 Å². The maximum Gasteiger partial charge on any atom is 0.421 e. The van der Waals surface area contributed by atoms with E-state index in [2.05, 4.69) is 15.0 Å². The zero-order valence-electron chi connectivity index (χ0n) is 11.1. The highest BCUT2D eigenvalue weighted by atomic mass is 19.4. The number of hydrogen-bond donors (Lipinski definition) is 2. The fourth-order valence-electron chi connectivity index (χ4n) is 2.27. The summed E-state index contributed by atoms with van der Waals surface area (Å²) in [6.45, 7) is 0.758. The Balaban J connectivity index is 2.20. The largest absolute Gasteiger partial charge is 0.481 e. The first kappa shape index (κ1) is 15.2. The second-order valence-electron chi connectivity index (χ2n) is 4.63. The van der Waals surface area contributed by atoms with Crippen LogP contribution in [-0.2, 0) is 6.18 Å². The zero-order valence-corrected chi connectivity index (χ0v) is 11.1. The molecule has 1 amide bonds. The van der Waals surface area contributed by atoms with Crippen molar-refractivity contribution in [3.63, 3.8) is 0 Å². The number of anilines is 1. The number of rotatable bonds is 3. The van der Waals surface area contributed by atoms with Gasteiger partial charge in [0.15, 0.2) is 0 Å². The number of ether oxygens (including phenoxy) is 1. The molecule has 0 aliphatic carbocycles. The van der Waals surface area contributed by atoms with Gasteiger partial charge in [0.05, 0.1) is 25.0 Å². The molecule has 1 unspecified atom stereocenters. The molecule has 0 aromatic carbocycles. The molecule has 116 valence electrons. The first-order valence-corrected chi connectivity index (χ1v) is 6.17. The van der Waals surface area contributed by atoms with Crippen LogP contribution >= 0.6 is 0 Å². The standard InChI is InChI=1S/C12H14F3N3O3/c1-21-10-9(12(13,14)15)4-8(5-16-10)18-3-2-7(6-18)17-11(19)20/h4-5,7,17H,2-3,6H2,1H3,(H,19,20). The molecule has 21 heavy (non-hydrogen) atoms. The van der Waals surface area contributed by atoms with Crippen LogP contribution in [0.25, 0.3) is 0 Å². The van der Waals surface area contributed by atoms with Gasteiger partial charge in [-0.05, 0) is 12.5 Å². The van der Waals surface area contributed by atoms with E-state index in [0.29, 0.717) is 19.5 Å². The van der Waals surface area contributed by atoms with E-state index in [0.717, 1.165) is 13.2 Å². The summed E-state index contributed by atoms with van der Waals surface area (Å²) < 4.78 is 43.4. The highest BCUT2D eigenvalue weighted by Crippen LogP contribution is 2.37. The molecule has 1 aliphatic rings. The third-order valence-electron chi connectivity index (χ3n) is 3.22. The Bertz CT molecular complexity index is 536. The molecule has 1 fully saturated rings. The van der Waals surface area contributed by atoms with Gasteiger partial charge in [0.2, 0.25) is 5.88 Å². The van der Waals surface area contributed by atoms with Crippen molar-refractivity contribution in [3.8, 4) is 5.88 Å². The minimum Gasteiger partial charge on any atom is -0.481 e. The van der Waals surface area contributed by atoms with Gasteiger partial charge in [-0.15, -0.1) is 0 Å². The Hall–Kier alpha value is -2.19. The number of nitrogens with one attached hydrogen (secondary N) is 1. The summed E-state index contributed by atoms with van der Waals surface area (Å²) in [6, 6.07) is 0.661. The lowest BCUT2D eigenvalue weighted by atomic mass is 10.2. The van der Waals surface area contributed by atoms with Crippen LogP contribution in [0.1, 0.15) is 12.0 Å². The quantitative estimate of drug-likeness (QED) is 0.893. The maximum absolute atomic E-state index is 12.9. The highest BCUT2D eigenvalue weighted by molar-refractivity contribution is 5.65. The molecule has 1 aromatic rings. The van der Waals surface area contributed by atoms with E-state index in [1.165, 1.54) is 6.20 Å². The van der Waals surface area contributed by atoms with Gasteiger partial charge in [0.25, 0.3) is 0 Å². The van der Waals surface area contributed by atoms with Crippen molar-refractivity contribution in [2.75, 3.05) is 25.1 Å². The van der Waals surface area contributed by atoms with Gasteiger partial charge in [-0.3, -0.25) is 0 Å². The summed E-state index contributed by atoms with van der Waals surface area (Å²) in [5.74, 6) is -0.481. The number of aromatic nitrogens is 1. The molecule has 0 saturated carbocycles. The summed E-state index contributed by atoms with van der Waals surface area (Å²) in [6.07, 6.45) is -3.89. The molecule has 2 heterocycles. The monoisotopic (exact) mass is 305 g/mol. The number of pyridine rings is 1. The Morgan fingerprint density at radius 3 is 2.86 bits per heavy atom. The van der Waals surface area contributed by atoms with Crippen LogP contribution in [0.15, 0.2) is 12.3 Å². The summed E-state index contributed by atoms with van der Waals surface area (Å²) in [4.78, 5) is 15.9. The fourth-order valence-corrected chi connectivity index (χ4v) is 2.27. The fraction of sp³-hybridized carbons (Fsp3) is 0.500. The molecule has 0 radical (unpaired) electrons. The second kappa shape index (κ2) is 5.66. The lowest BCUT2D eigenvalue weighted by molar-refractivity contribution is -0.139. The van der Waals surface area contributed by atoms with Crippen molar-refractivity contribution in [3.05, 3.63) is 17.8 Å². The van der Waals surface area contributed by atoms with Gasteiger partial charge in [-0.2, -0.15) is 13.2 Å². The van der Waals surface area contributed by atoms with Crippen LogP contribution in [0.3, 0.4) is 0 Å². The number of methoxy groups -OCH3 is 1. The van der Waals surface area contributed by atoms with E-state index in [4.69, 9.17) is 5.11 Å². The minimum absolute atomic E-state index is 0.290. The van der Waals surface area contributed by atoms with Crippen LogP contribution in [0.5, 0.6) is 5.88 Å². The van der Waals surface area contributed by atoms with E-state index >= 15 is 0 Å². The number of nitrogens with zero attached hydrogens (tertiary/aromatic N) is 2. The van der Waals surface area contributed by atoms with Gasteiger partial charge in [-0.1, -0.05) is 0 Å². The van der Waals surface area contributed by atoms with Crippen molar-refractivity contribution in [1.29, 1.82) is 0 Å². The predicted octanol–water partition coefficient (Wildman–Crippen LogP) is 1.96. The molecule has 9 heteroatoms. The second-order valence-corrected chi connectivity index (χ2v) is 4.63. The predicted molar refractivity (Wildman–Crippen MR) is 67.6 cm³/mol. The average Bonchev–Trinajstić information content (AvgIpc) is 2.84. The van der Waals surface area contributed by atoms with Gasteiger partial charge in [0, 0.05) is 13.1 Å². The van der Waals surface area contributed by atoms with E-state index < -0.39 is 23.7 Å². The molecule has 2 rings (SSSR count). The van der Waals surface area contributed by atoms with E-state index in [9.17, 15) is 18.0 Å². The lowest BCUT2D eigenvalue weighted by Crippen LogP contribution is -2.36. The van der Waals surface area contributed by atoms with Crippen molar-refractivity contribution < 1.29 is 27.8 Å². The molecular formula is C12H14F3N3O3. The van der Waals surface area contributed by atoms with Gasteiger partial charge >= 0.3 is 12.3 Å². The lowest BCUT2D eigenvalue weighted by Gasteiger charge is -2.20. The normalized spacial score (nSPS) is 18.7. The third kappa shape index (κ3) is 3.47. The zero-order chi connectivity index (χ0) is 15.6. The Morgan fingerprint density at radius 2 is 2.29 bits per heavy atom. The molecule has 6 nitrogen and oxygen atoms in total. The summed E-state index contributed by atoms with van der Waals surface area (Å²) >= 11 is 0. The topological polar surface area (TPSA) is 74.7 Å². The van der Waals surface area contributed by atoms with Crippen molar-refractivity contribution >= 4 is 11.8 Å². The van der Waals surface area contributed by atoms with Crippen LogP contribution in [0, 0.1) is 0 Å². The molecule has 1 aromatic heterocycles. The van der Waals surface area contributed by atoms with Crippen LogP contribution in [-0.4, -0.2) is 42.4 Å². The number of carboxylic acid groups (broad SMARTS) is 1. The minimum atomic E-state index is -4.56. The first-order chi connectivity index (χ1) is 9.81. The summed E-state index contributed by atoms with van der Waals surface area (Å²) in [5.41, 5.74) is -0.657. The van der Waals surface area contributed by atoms with Crippen LogP contribution < -0.4 is 15.0 Å².